The molecule has 0 aliphatic rings. The average molecular weight is 341 g/mol. The highest BCUT2D eigenvalue weighted by Crippen LogP contribution is 2.17. The quantitative estimate of drug-likeness (QED) is 0.818. The minimum absolute atomic E-state index is 0.302. The van der Waals surface area contributed by atoms with E-state index in [2.05, 4.69) is 10.3 Å². The molecule has 0 fully saturated rings. The van der Waals surface area contributed by atoms with Crippen LogP contribution in [0.1, 0.15) is 5.69 Å². The second kappa shape index (κ2) is 7.77. The molecule has 0 aliphatic carbocycles. The standard InChI is InChI=1S/C14H13ClN2O4S/c1-9-8-22-14(16-9)17-12(18)6-21-13(19)7-20-11-4-2-3-10(15)5-11/h2-5,8H,6-7H2,1H3,(H,16,17,18). The lowest BCUT2D eigenvalue weighted by Gasteiger charge is -2.07. The molecule has 1 aromatic carbocycles. The fourth-order valence-corrected chi connectivity index (χ4v) is 2.34. The van der Waals surface area contributed by atoms with E-state index in [9.17, 15) is 9.59 Å². The predicted octanol–water partition coefficient (Wildman–Crippen LogP) is 2.67. The van der Waals surface area contributed by atoms with Crippen LogP contribution in [0.3, 0.4) is 0 Å². The zero-order valence-corrected chi connectivity index (χ0v) is 13.2. The smallest absolute Gasteiger partial charge is 0.344 e. The molecule has 6 nitrogen and oxygen atoms in total. The highest BCUT2D eigenvalue weighted by molar-refractivity contribution is 7.13. The average Bonchev–Trinajstić information content (AvgIpc) is 2.88. The van der Waals surface area contributed by atoms with Crippen LogP contribution in [0.5, 0.6) is 5.75 Å². The van der Waals surface area contributed by atoms with Gasteiger partial charge in [0.2, 0.25) is 0 Å². The Hall–Kier alpha value is -2.12. The van der Waals surface area contributed by atoms with Gasteiger partial charge in [0.1, 0.15) is 5.75 Å². The number of aryl methyl sites for hydroxylation is 1. The van der Waals surface area contributed by atoms with Gasteiger partial charge in [-0.15, -0.1) is 11.3 Å². The number of benzene rings is 1. The summed E-state index contributed by atoms with van der Waals surface area (Å²) in [5.41, 5.74) is 0.812. The van der Waals surface area contributed by atoms with Crippen LogP contribution in [0, 0.1) is 6.92 Å². The van der Waals surface area contributed by atoms with Gasteiger partial charge in [0, 0.05) is 10.4 Å². The van der Waals surface area contributed by atoms with Gasteiger partial charge in [-0.1, -0.05) is 17.7 Å². The van der Waals surface area contributed by atoms with Crippen molar-refractivity contribution in [3.05, 3.63) is 40.4 Å². The van der Waals surface area contributed by atoms with Gasteiger partial charge < -0.3 is 9.47 Å². The van der Waals surface area contributed by atoms with Crippen molar-refractivity contribution in [2.24, 2.45) is 0 Å². The van der Waals surface area contributed by atoms with E-state index >= 15 is 0 Å². The number of rotatable bonds is 6. The number of hydrogen-bond donors (Lipinski definition) is 1. The van der Waals surface area contributed by atoms with E-state index < -0.39 is 18.5 Å². The van der Waals surface area contributed by atoms with Crippen molar-refractivity contribution >= 4 is 39.9 Å². The Kier molecular flexibility index (Phi) is 5.74. The second-order valence-corrected chi connectivity index (χ2v) is 5.54. The maximum Gasteiger partial charge on any atom is 0.344 e. The number of aromatic nitrogens is 1. The number of amides is 1. The number of anilines is 1. The lowest BCUT2D eigenvalue weighted by molar-refractivity contribution is -0.149. The molecular weight excluding hydrogens is 328 g/mol. The van der Waals surface area contributed by atoms with Crippen LogP contribution in [0.2, 0.25) is 5.02 Å². The van der Waals surface area contributed by atoms with Crippen LogP contribution in [0.15, 0.2) is 29.6 Å². The van der Waals surface area contributed by atoms with E-state index in [0.717, 1.165) is 5.69 Å². The van der Waals surface area contributed by atoms with Crippen LogP contribution in [-0.4, -0.2) is 30.1 Å². The van der Waals surface area contributed by atoms with E-state index in [1.165, 1.54) is 11.3 Å². The number of carbonyl (C=O) groups is 2. The van der Waals surface area contributed by atoms with Crippen LogP contribution in [-0.2, 0) is 14.3 Å². The van der Waals surface area contributed by atoms with Crippen molar-refractivity contribution in [3.8, 4) is 5.75 Å². The Morgan fingerprint density at radius 2 is 2.18 bits per heavy atom. The lowest BCUT2D eigenvalue weighted by Crippen LogP contribution is -2.23. The minimum atomic E-state index is -0.648. The second-order valence-electron chi connectivity index (χ2n) is 4.25. The zero-order valence-electron chi connectivity index (χ0n) is 11.7. The molecule has 0 bridgehead atoms. The van der Waals surface area contributed by atoms with Crippen LogP contribution >= 0.6 is 22.9 Å². The van der Waals surface area contributed by atoms with Crippen molar-refractivity contribution in [2.75, 3.05) is 18.5 Å². The summed E-state index contributed by atoms with van der Waals surface area (Å²) in [4.78, 5) is 27.1. The molecule has 0 atom stereocenters. The molecule has 0 aliphatic heterocycles. The maximum absolute atomic E-state index is 11.6. The number of ether oxygens (including phenoxy) is 2. The minimum Gasteiger partial charge on any atom is -0.482 e. The first-order chi connectivity index (χ1) is 10.5. The molecule has 1 amide bonds. The number of esters is 1. The SMILES string of the molecule is Cc1csc(NC(=O)COC(=O)COc2cccc(Cl)c2)n1. The molecule has 0 saturated heterocycles. The Morgan fingerprint density at radius 1 is 1.36 bits per heavy atom. The number of halogens is 1. The number of thiazole rings is 1. The molecule has 2 aromatic rings. The largest absolute Gasteiger partial charge is 0.482 e. The van der Waals surface area contributed by atoms with Gasteiger partial charge in [-0.3, -0.25) is 10.1 Å². The van der Waals surface area contributed by atoms with Crippen molar-refractivity contribution in [1.82, 2.24) is 4.98 Å². The number of carbonyl (C=O) groups excluding carboxylic acids is 2. The third-order valence-corrected chi connectivity index (χ3v) is 3.49. The monoisotopic (exact) mass is 340 g/mol. The summed E-state index contributed by atoms with van der Waals surface area (Å²) < 4.78 is 10.0. The first kappa shape index (κ1) is 16.3. The molecule has 0 spiro atoms. The van der Waals surface area contributed by atoms with E-state index in [-0.39, 0.29) is 6.61 Å². The summed E-state index contributed by atoms with van der Waals surface area (Å²) in [6.45, 7) is 1.12. The Bertz CT molecular complexity index is 674. The van der Waals surface area contributed by atoms with Gasteiger partial charge in [0.05, 0.1) is 5.69 Å². The summed E-state index contributed by atoms with van der Waals surface area (Å²) >= 11 is 7.09. The van der Waals surface area contributed by atoms with Gasteiger partial charge >= 0.3 is 5.97 Å². The summed E-state index contributed by atoms with van der Waals surface area (Å²) in [6.07, 6.45) is 0. The topological polar surface area (TPSA) is 77.5 Å². The third-order valence-electron chi connectivity index (χ3n) is 2.38. The summed E-state index contributed by atoms with van der Waals surface area (Å²) in [6, 6.07) is 6.63. The molecule has 0 radical (unpaired) electrons. The maximum atomic E-state index is 11.6. The molecule has 1 N–H and O–H groups in total. The normalized spacial score (nSPS) is 10.1. The highest BCUT2D eigenvalue weighted by atomic mass is 35.5. The number of hydrogen-bond acceptors (Lipinski definition) is 6. The highest BCUT2D eigenvalue weighted by Gasteiger charge is 2.10. The predicted molar refractivity (Wildman–Crippen MR) is 83.4 cm³/mol. The lowest BCUT2D eigenvalue weighted by atomic mass is 10.3. The Morgan fingerprint density at radius 3 is 2.86 bits per heavy atom. The third kappa shape index (κ3) is 5.34. The van der Waals surface area contributed by atoms with Crippen molar-refractivity contribution in [1.29, 1.82) is 0 Å². The van der Waals surface area contributed by atoms with E-state index in [1.807, 2.05) is 6.92 Å². The molecular formula is C14H13ClN2O4S. The Balaban J connectivity index is 1.70. The van der Waals surface area contributed by atoms with Crippen LogP contribution in [0.4, 0.5) is 5.13 Å². The summed E-state index contributed by atoms with van der Waals surface area (Å²) in [5.74, 6) is -0.650. The van der Waals surface area contributed by atoms with Crippen LogP contribution in [0.25, 0.3) is 0 Å². The van der Waals surface area contributed by atoms with E-state index in [0.29, 0.717) is 15.9 Å². The van der Waals surface area contributed by atoms with E-state index in [4.69, 9.17) is 21.1 Å². The van der Waals surface area contributed by atoms with Gasteiger partial charge in [0.15, 0.2) is 18.3 Å². The molecule has 8 heteroatoms. The molecule has 1 heterocycles. The number of nitrogens with one attached hydrogen (secondary N) is 1. The van der Waals surface area contributed by atoms with Gasteiger partial charge in [0.25, 0.3) is 5.91 Å². The summed E-state index contributed by atoms with van der Waals surface area (Å²) in [5, 5.41) is 5.31. The zero-order chi connectivity index (χ0) is 15.9. The first-order valence-corrected chi connectivity index (χ1v) is 7.54. The van der Waals surface area contributed by atoms with Crippen molar-refractivity contribution < 1.29 is 19.1 Å². The fourth-order valence-electron chi connectivity index (χ4n) is 1.45. The molecule has 22 heavy (non-hydrogen) atoms. The van der Waals surface area contributed by atoms with Gasteiger partial charge in [-0.2, -0.15) is 0 Å². The molecule has 2 rings (SSSR count). The van der Waals surface area contributed by atoms with Gasteiger partial charge in [-0.25, -0.2) is 9.78 Å². The van der Waals surface area contributed by atoms with E-state index in [1.54, 1.807) is 29.6 Å². The van der Waals surface area contributed by atoms with Crippen molar-refractivity contribution in [3.63, 3.8) is 0 Å². The molecule has 116 valence electrons. The summed E-state index contributed by atoms with van der Waals surface area (Å²) in [7, 11) is 0. The molecule has 1 aromatic heterocycles. The fraction of sp³-hybridized carbons (Fsp3) is 0.214. The number of nitrogens with zero attached hydrogens (tertiary/aromatic N) is 1. The molecule has 0 unspecified atom stereocenters. The van der Waals surface area contributed by atoms with Crippen LogP contribution < -0.4 is 10.1 Å². The van der Waals surface area contributed by atoms with Gasteiger partial charge in [-0.05, 0) is 25.1 Å². The van der Waals surface area contributed by atoms with Crippen molar-refractivity contribution in [2.45, 2.75) is 6.92 Å². The molecule has 0 saturated carbocycles. The Labute approximate surface area is 136 Å². The first-order valence-electron chi connectivity index (χ1n) is 6.29.